The number of aryl methyl sites for hydroxylation is 1. The van der Waals surface area contributed by atoms with Crippen LogP contribution in [0.2, 0.25) is 5.02 Å². The number of carbonyl (C=O) groups excluding carboxylic acids is 2. The summed E-state index contributed by atoms with van der Waals surface area (Å²) < 4.78 is 0. The average molecular weight is 461 g/mol. The van der Waals surface area contributed by atoms with E-state index in [1.165, 1.54) is 11.8 Å². The van der Waals surface area contributed by atoms with Gasteiger partial charge in [0.15, 0.2) is 0 Å². The molecule has 0 saturated carbocycles. The summed E-state index contributed by atoms with van der Waals surface area (Å²) in [7, 11) is 0. The lowest BCUT2D eigenvalue weighted by Gasteiger charge is -2.31. The maximum Gasteiger partial charge on any atom is 0.242 e. The summed E-state index contributed by atoms with van der Waals surface area (Å²) in [4.78, 5) is 27.9. The molecule has 1 N–H and O–H groups in total. The van der Waals surface area contributed by atoms with Crippen molar-refractivity contribution in [3.05, 3.63) is 70.2 Å². The van der Waals surface area contributed by atoms with Crippen LogP contribution in [0.1, 0.15) is 43.9 Å². The molecule has 0 aliphatic carbocycles. The van der Waals surface area contributed by atoms with E-state index < -0.39 is 6.04 Å². The molecule has 168 valence electrons. The first-order valence-corrected chi connectivity index (χ1v) is 12.3. The second-order valence-corrected chi connectivity index (χ2v) is 9.49. The van der Waals surface area contributed by atoms with E-state index in [1.54, 1.807) is 4.90 Å². The Hall–Kier alpha value is -1.98. The third-order valence-corrected chi connectivity index (χ3v) is 6.45. The van der Waals surface area contributed by atoms with Gasteiger partial charge in [0.1, 0.15) is 6.04 Å². The van der Waals surface area contributed by atoms with Gasteiger partial charge in [-0.05, 0) is 42.0 Å². The molecule has 2 rings (SSSR count). The van der Waals surface area contributed by atoms with Gasteiger partial charge >= 0.3 is 0 Å². The minimum Gasteiger partial charge on any atom is -0.354 e. The third kappa shape index (κ3) is 7.89. The number of carbonyl (C=O) groups is 2. The van der Waals surface area contributed by atoms with Crippen LogP contribution in [0.25, 0.3) is 0 Å². The Kier molecular flexibility index (Phi) is 10.4. The molecular formula is C25H33ClN2O2S. The Morgan fingerprint density at radius 2 is 1.71 bits per heavy atom. The van der Waals surface area contributed by atoms with Crippen LogP contribution in [0.4, 0.5) is 0 Å². The van der Waals surface area contributed by atoms with Crippen molar-refractivity contribution in [2.75, 3.05) is 12.3 Å². The van der Waals surface area contributed by atoms with Crippen LogP contribution in [-0.4, -0.2) is 35.1 Å². The maximum atomic E-state index is 13.3. The van der Waals surface area contributed by atoms with Crippen molar-refractivity contribution in [2.24, 2.45) is 5.92 Å². The topological polar surface area (TPSA) is 49.4 Å². The molecule has 0 saturated heterocycles. The van der Waals surface area contributed by atoms with Crippen LogP contribution in [0.15, 0.2) is 48.5 Å². The van der Waals surface area contributed by atoms with Crippen molar-refractivity contribution in [3.63, 3.8) is 0 Å². The zero-order valence-electron chi connectivity index (χ0n) is 18.9. The molecule has 0 aliphatic rings. The van der Waals surface area contributed by atoms with Crippen LogP contribution in [-0.2, 0) is 21.9 Å². The van der Waals surface area contributed by atoms with Crippen LogP contribution >= 0.6 is 23.4 Å². The lowest BCUT2D eigenvalue weighted by atomic mass is 10.1. The Morgan fingerprint density at radius 3 is 2.32 bits per heavy atom. The van der Waals surface area contributed by atoms with E-state index in [4.69, 9.17) is 11.6 Å². The van der Waals surface area contributed by atoms with E-state index in [-0.39, 0.29) is 11.8 Å². The third-order valence-electron chi connectivity index (χ3n) is 5.11. The molecule has 0 bridgehead atoms. The van der Waals surface area contributed by atoms with E-state index in [2.05, 4.69) is 19.2 Å². The van der Waals surface area contributed by atoms with Gasteiger partial charge in [-0.25, -0.2) is 0 Å². The highest BCUT2D eigenvalue weighted by Crippen LogP contribution is 2.22. The molecular weight excluding hydrogens is 428 g/mol. The summed E-state index contributed by atoms with van der Waals surface area (Å²) in [6.45, 7) is 9.12. The second kappa shape index (κ2) is 12.8. The van der Waals surface area contributed by atoms with Gasteiger partial charge < -0.3 is 10.2 Å². The van der Waals surface area contributed by atoms with Gasteiger partial charge in [0, 0.05) is 23.9 Å². The molecule has 0 fully saturated rings. The van der Waals surface area contributed by atoms with Gasteiger partial charge in [0.05, 0.1) is 5.75 Å². The lowest BCUT2D eigenvalue weighted by Crippen LogP contribution is -2.50. The Balaban J connectivity index is 2.14. The normalized spacial score (nSPS) is 11.9. The predicted octanol–water partition coefficient (Wildman–Crippen LogP) is 5.46. The second-order valence-electron chi connectivity index (χ2n) is 8.10. The van der Waals surface area contributed by atoms with Gasteiger partial charge in [-0.15, -0.1) is 11.8 Å². The van der Waals surface area contributed by atoms with E-state index in [0.29, 0.717) is 42.0 Å². The summed E-state index contributed by atoms with van der Waals surface area (Å²) in [6.07, 6.45) is 0.566. The summed E-state index contributed by atoms with van der Waals surface area (Å²) in [5.41, 5.74) is 3.18. The zero-order valence-corrected chi connectivity index (χ0v) is 20.4. The molecule has 0 heterocycles. The van der Waals surface area contributed by atoms with E-state index in [9.17, 15) is 9.59 Å². The molecule has 0 radical (unpaired) electrons. The number of hydrogen-bond acceptors (Lipinski definition) is 3. The van der Waals surface area contributed by atoms with Crippen LogP contribution < -0.4 is 5.32 Å². The van der Waals surface area contributed by atoms with Gasteiger partial charge in [-0.2, -0.15) is 0 Å². The molecule has 1 atom stereocenters. The monoisotopic (exact) mass is 460 g/mol. The average Bonchev–Trinajstić information content (AvgIpc) is 2.74. The molecule has 1 unspecified atom stereocenters. The minimum absolute atomic E-state index is 0.0353. The summed E-state index contributed by atoms with van der Waals surface area (Å²) in [6, 6.07) is 15.2. The minimum atomic E-state index is -0.494. The Bertz CT molecular complexity index is 872. The number of hydrogen-bond donors (Lipinski definition) is 1. The number of rotatable bonds is 11. The molecule has 0 aliphatic heterocycles. The van der Waals surface area contributed by atoms with Crippen molar-refractivity contribution in [2.45, 2.75) is 52.5 Å². The van der Waals surface area contributed by atoms with Crippen molar-refractivity contribution >= 4 is 35.2 Å². The quantitative estimate of drug-likeness (QED) is 0.484. The first kappa shape index (κ1) is 25.3. The fraction of sp³-hybridized carbons (Fsp3) is 0.440. The summed E-state index contributed by atoms with van der Waals surface area (Å²) in [5, 5.41) is 3.71. The van der Waals surface area contributed by atoms with Crippen molar-refractivity contribution in [1.82, 2.24) is 10.2 Å². The SMILES string of the molecule is CCC(C(=O)NCC(C)C)N(Cc1ccccc1C)C(=O)CSCc1ccccc1Cl. The predicted molar refractivity (Wildman–Crippen MR) is 131 cm³/mol. The first-order chi connectivity index (χ1) is 14.8. The highest BCUT2D eigenvalue weighted by molar-refractivity contribution is 7.99. The fourth-order valence-electron chi connectivity index (χ4n) is 3.26. The zero-order chi connectivity index (χ0) is 22.8. The molecule has 2 aromatic rings. The molecule has 31 heavy (non-hydrogen) atoms. The number of amides is 2. The Morgan fingerprint density at radius 1 is 1.06 bits per heavy atom. The highest BCUT2D eigenvalue weighted by atomic mass is 35.5. The molecule has 2 aromatic carbocycles. The number of nitrogens with zero attached hydrogens (tertiary/aromatic N) is 1. The highest BCUT2D eigenvalue weighted by Gasteiger charge is 2.28. The number of halogens is 1. The smallest absolute Gasteiger partial charge is 0.242 e. The molecule has 0 spiro atoms. The van der Waals surface area contributed by atoms with Crippen LogP contribution in [0, 0.1) is 12.8 Å². The largest absolute Gasteiger partial charge is 0.354 e. The molecule has 4 nitrogen and oxygen atoms in total. The van der Waals surface area contributed by atoms with E-state index in [0.717, 1.165) is 16.7 Å². The lowest BCUT2D eigenvalue weighted by molar-refractivity contribution is -0.139. The number of thioether (sulfide) groups is 1. The molecule has 0 aromatic heterocycles. The first-order valence-electron chi connectivity index (χ1n) is 10.8. The van der Waals surface area contributed by atoms with Crippen molar-refractivity contribution in [1.29, 1.82) is 0 Å². The molecule has 6 heteroatoms. The van der Waals surface area contributed by atoms with Gasteiger partial charge in [-0.1, -0.05) is 74.8 Å². The summed E-state index contributed by atoms with van der Waals surface area (Å²) >= 11 is 7.76. The van der Waals surface area contributed by atoms with E-state index >= 15 is 0 Å². The van der Waals surface area contributed by atoms with Gasteiger partial charge in [0.2, 0.25) is 11.8 Å². The number of benzene rings is 2. The van der Waals surface area contributed by atoms with Gasteiger partial charge in [-0.3, -0.25) is 9.59 Å². The molecule has 2 amide bonds. The van der Waals surface area contributed by atoms with Crippen LogP contribution in [0.3, 0.4) is 0 Å². The fourth-order valence-corrected chi connectivity index (χ4v) is 4.46. The number of nitrogens with one attached hydrogen (secondary N) is 1. The van der Waals surface area contributed by atoms with Crippen molar-refractivity contribution in [3.8, 4) is 0 Å². The van der Waals surface area contributed by atoms with E-state index in [1.807, 2.05) is 62.4 Å². The van der Waals surface area contributed by atoms with Crippen LogP contribution in [0.5, 0.6) is 0 Å². The Labute approximate surface area is 195 Å². The van der Waals surface area contributed by atoms with Crippen molar-refractivity contribution < 1.29 is 9.59 Å². The van der Waals surface area contributed by atoms with Gasteiger partial charge in [0.25, 0.3) is 0 Å². The maximum absolute atomic E-state index is 13.3. The summed E-state index contributed by atoms with van der Waals surface area (Å²) in [5.74, 6) is 1.18. The standard InChI is InChI=1S/C25H33ClN2O2S/c1-5-23(25(30)27-14-18(2)3)28(15-20-11-7-6-10-19(20)4)24(29)17-31-16-21-12-8-9-13-22(21)26/h6-13,18,23H,5,14-17H2,1-4H3,(H,27,30).